The van der Waals surface area contributed by atoms with Crippen LogP contribution in [0.1, 0.15) is 38.5 Å². The first-order valence-electron chi connectivity index (χ1n) is 14.1. The van der Waals surface area contributed by atoms with E-state index in [-0.39, 0.29) is 24.3 Å². The summed E-state index contributed by atoms with van der Waals surface area (Å²) in [5, 5.41) is 18.6. The molecule has 0 aliphatic carbocycles. The van der Waals surface area contributed by atoms with Gasteiger partial charge >= 0.3 is 5.97 Å². The van der Waals surface area contributed by atoms with Crippen molar-refractivity contribution in [2.45, 2.75) is 26.2 Å². The van der Waals surface area contributed by atoms with E-state index >= 15 is 0 Å². The summed E-state index contributed by atoms with van der Waals surface area (Å²) in [7, 11) is 0. The summed E-state index contributed by atoms with van der Waals surface area (Å²) in [5.41, 5.74) is 4.23. The minimum absolute atomic E-state index is 0.0407. The SMILES string of the molecule is Cc1oc(-c2ccccc2)nc1CCOc1ccc(CC(C(=N)Cc2ccccc2C(=O)c2ccccc2)C(=O)O)cc1. The number of carbonyl (C=O) groups is 2. The van der Waals surface area contributed by atoms with E-state index in [1.165, 1.54) is 0 Å². The van der Waals surface area contributed by atoms with Gasteiger partial charge in [-0.1, -0.05) is 84.9 Å². The van der Waals surface area contributed by atoms with Crippen LogP contribution in [0.15, 0.2) is 114 Å². The molecule has 0 amide bonds. The maximum atomic E-state index is 13.1. The molecule has 43 heavy (non-hydrogen) atoms. The van der Waals surface area contributed by atoms with Gasteiger partial charge in [0.25, 0.3) is 0 Å². The van der Waals surface area contributed by atoms with Crippen molar-refractivity contribution in [3.05, 3.63) is 143 Å². The zero-order valence-electron chi connectivity index (χ0n) is 23.8. The van der Waals surface area contributed by atoms with Crippen molar-refractivity contribution in [1.82, 2.24) is 4.98 Å². The predicted octanol–water partition coefficient (Wildman–Crippen LogP) is 7.01. The van der Waals surface area contributed by atoms with Crippen molar-refractivity contribution in [3.8, 4) is 17.2 Å². The average molecular weight is 573 g/mol. The number of ketones is 1. The van der Waals surface area contributed by atoms with Gasteiger partial charge in [-0.2, -0.15) is 0 Å². The number of hydrogen-bond acceptors (Lipinski definition) is 6. The van der Waals surface area contributed by atoms with Crippen LogP contribution < -0.4 is 4.74 Å². The van der Waals surface area contributed by atoms with Gasteiger partial charge in [0.15, 0.2) is 5.78 Å². The molecule has 0 saturated carbocycles. The number of carbonyl (C=O) groups excluding carboxylic acids is 1. The zero-order chi connectivity index (χ0) is 30.2. The normalized spacial score (nSPS) is 11.6. The van der Waals surface area contributed by atoms with Crippen LogP contribution in [-0.4, -0.2) is 34.2 Å². The number of rotatable bonds is 13. The van der Waals surface area contributed by atoms with Crippen LogP contribution in [0, 0.1) is 18.3 Å². The maximum absolute atomic E-state index is 13.1. The van der Waals surface area contributed by atoms with Crippen molar-refractivity contribution in [1.29, 1.82) is 5.41 Å². The molecular formula is C36H32N2O5. The Morgan fingerprint density at radius 1 is 0.884 bits per heavy atom. The van der Waals surface area contributed by atoms with E-state index in [2.05, 4.69) is 4.98 Å². The number of aliphatic carboxylic acids is 1. The van der Waals surface area contributed by atoms with Gasteiger partial charge in [0, 0.05) is 35.2 Å². The van der Waals surface area contributed by atoms with E-state index in [4.69, 9.17) is 14.6 Å². The molecule has 0 saturated heterocycles. The number of nitrogens with one attached hydrogen (secondary N) is 1. The fourth-order valence-corrected chi connectivity index (χ4v) is 4.92. The number of aryl methyl sites for hydroxylation is 1. The summed E-state index contributed by atoms with van der Waals surface area (Å²) >= 11 is 0. The molecule has 216 valence electrons. The highest BCUT2D eigenvalue weighted by Gasteiger charge is 2.25. The minimum Gasteiger partial charge on any atom is -0.493 e. The fourth-order valence-electron chi connectivity index (χ4n) is 4.92. The highest BCUT2D eigenvalue weighted by Crippen LogP contribution is 2.23. The highest BCUT2D eigenvalue weighted by molar-refractivity contribution is 6.11. The molecule has 4 aromatic carbocycles. The lowest BCUT2D eigenvalue weighted by Gasteiger charge is -2.16. The van der Waals surface area contributed by atoms with E-state index in [1.54, 1.807) is 60.7 Å². The second-order valence-electron chi connectivity index (χ2n) is 10.3. The molecule has 0 fully saturated rings. The molecule has 0 aliphatic rings. The Labute approximate surface area is 250 Å². The molecule has 1 atom stereocenters. The Balaban J connectivity index is 1.19. The predicted molar refractivity (Wildman–Crippen MR) is 165 cm³/mol. The molecule has 7 nitrogen and oxygen atoms in total. The Morgan fingerprint density at radius 3 is 2.23 bits per heavy atom. The van der Waals surface area contributed by atoms with Crippen LogP contribution in [0.25, 0.3) is 11.5 Å². The van der Waals surface area contributed by atoms with Crippen molar-refractivity contribution in [2.24, 2.45) is 5.92 Å². The lowest BCUT2D eigenvalue weighted by atomic mass is 9.88. The van der Waals surface area contributed by atoms with Crippen molar-refractivity contribution in [2.75, 3.05) is 6.61 Å². The number of oxazole rings is 1. The molecule has 2 N–H and O–H groups in total. The molecular weight excluding hydrogens is 540 g/mol. The Kier molecular flexibility index (Phi) is 9.22. The second kappa shape index (κ2) is 13.6. The number of aromatic nitrogens is 1. The maximum Gasteiger partial charge on any atom is 0.312 e. The quantitative estimate of drug-likeness (QED) is 0.116. The van der Waals surface area contributed by atoms with Crippen LogP contribution in [0.2, 0.25) is 0 Å². The molecule has 0 spiro atoms. The number of ether oxygens (including phenoxy) is 1. The molecule has 0 radical (unpaired) electrons. The molecule has 0 bridgehead atoms. The third kappa shape index (κ3) is 7.32. The summed E-state index contributed by atoms with van der Waals surface area (Å²) < 4.78 is 11.7. The lowest BCUT2D eigenvalue weighted by Crippen LogP contribution is -2.27. The Bertz CT molecular complexity index is 1710. The largest absolute Gasteiger partial charge is 0.493 e. The number of carboxylic acid groups (broad SMARTS) is 1. The summed E-state index contributed by atoms with van der Waals surface area (Å²) in [6, 6.07) is 33.0. The van der Waals surface area contributed by atoms with Gasteiger partial charge < -0.3 is 19.7 Å². The fraction of sp³-hybridized carbons (Fsp3) is 0.167. The van der Waals surface area contributed by atoms with E-state index < -0.39 is 11.9 Å². The van der Waals surface area contributed by atoms with Crippen LogP contribution in [0.5, 0.6) is 5.75 Å². The molecule has 1 aromatic heterocycles. The first-order chi connectivity index (χ1) is 20.9. The lowest BCUT2D eigenvalue weighted by molar-refractivity contribution is -0.139. The average Bonchev–Trinajstić information content (AvgIpc) is 3.41. The highest BCUT2D eigenvalue weighted by atomic mass is 16.5. The van der Waals surface area contributed by atoms with E-state index in [0.29, 0.717) is 41.4 Å². The van der Waals surface area contributed by atoms with Crippen molar-refractivity contribution in [3.63, 3.8) is 0 Å². The molecule has 1 unspecified atom stereocenters. The molecule has 1 heterocycles. The number of nitrogens with zero attached hydrogens (tertiary/aromatic N) is 1. The molecule has 5 rings (SSSR count). The van der Waals surface area contributed by atoms with E-state index in [1.807, 2.05) is 55.5 Å². The second-order valence-corrected chi connectivity index (χ2v) is 10.3. The summed E-state index contributed by atoms with van der Waals surface area (Å²) in [6.45, 7) is 2.30. The van der Waals surface area contributed by atoms with Gasteiger partial charge in [0.1, 0.15) is 11.5 Å². The number of hydrogen-bond donors (Lipinski definition) is 2. The van der Waals surface area contributed by atoms with E-state index in [0.717, 1.165) is 22.6 Å². The van der Waals surface area contributed by atoms with Crippen molar-refractivity contribution < 1.29 is 23.8 Å². The van der Waals surface area contributed by atoms with Gasteiger partial charge in [-0.15, -0.1) is 0 Å². The summed E-state index contributed by atoms with van der Waals surface area (Å²) in [5.74, 6) is -0.254. The van der Waals surface area contributed by atoms with Gasteiger partial charge in [0.2, 0.25) is 5.89 Å². The van der Waals surface area contributed by atoms with Gasteiger partial charge in [-0.3, -0.25) is 9.59 Å². The number of benzene rings is 4. The van der Waals surface area contributed by atoms with Crippen molar-refractivity contribution >= 4 is 17.5 Å². The molecule has 0 aliphatic heterocycles. The Morgan fingerprint density at radius 2 is 1.53 bits per heavy atom. The first-order valence-corrected chi connectivity index (χ1v) is 14.1. The summed E-state index contributed by atoms with van der Waals surface area (Å²) in [4.78, 5) is 29.9. The standard InChI is InChI=1S/C36H32N2O5/c1-24-33(38-35(43-24)27-12-6-3-7-13-27)20-21-42-29-18-16-25(17-19-29)22-31(36(40)41)32(37)23-28-14-8-9-15-30(28)34(39)26-10-4-2-5-11-26/h2-19,31,37H,20-23H2,1H3,(H,40,41). The number of carboxylic acids is 1. The van der Waals surface area contributed by atoms with Crippen LogP contribution >= 0.6 is 0 Å². The summed E-state index contributed by atoms with van der Waals surface area (Å²) in [6.07, 6.45) is 0.806. The smallest absolute Gasteiger partial charge is 0.312 e. The van der Waals surface area contributed by atoms with Gasteiger partial charge in [0.05, 0.1) is 18.2 Å². The topological polar surface area (TPSA) is 113 Å². The zero-order valence-corrected chi connectivity index (χ0v) is 23.8. The third-order valence-corrected chi connectivity index (χ3v) is 7.28. The monoisotopic (exact) mass is 572 g/mol. The third-order valence-electron chi connectivity index (χ3n) is 7.28. The minimum atomic E-state index is -1.07. The molecule has 5 aromatic rings. The van der Waals surface area contributed by atoms with E-state index in [9.17, 15) is 14.7 Å². The Hall–Kier alpha value is -5.30. The first kappa shape index (κ1) is 29.2. The van der Waals surface area contributed by atoms with Crippen LogP contribution in [0.4, 0.5) is 0 Å². The van der Waals surface area contributed by atoms with Crippen LogP contribution in [0.3, 0.4) is 0 Å². The van der Waals surface area contributed by atoms with Gasteiger partial charge in [-0.05, 0) is 48.7 Å². The van der Waals surface area contributed by atoms with Gasteiger partial charge in [-0.25, -0.2) is 4.98 Å². The van der Waals surface area contributed by atoms with Crippen LogP contribution in [-0.2, 0) is 24.1 Å². The molecule has 7 heteroatoms.